The average Bonchev–Trinajstić information content (AvgIpc) is 3.56. The first-order valence-corrected chi connectivity index (χ1v) is 16.5. The van der Waals surface area contributed by atoms with Crippen LogP contribution in [0.25, 0.3) is 66.1 Å². The Morgan fingerprint density at radius 2 is 0.865 bits per heavy atom. The molecule has 3 nitrogen and oxygen atoms in total. The number of nitriles is 1. The van der Waals surface area contributed by atoms with Gasteiger partial charge in [0.1, 0.15) is 0 Å². The van der Waals surface area contributed by atoms with Gasteiger partial charge in [-0.1, -0.05) is 54.6 Å². The van der Waals surface area contributed by atoms with E-state index in [0.29, 0.717) is 28.1 Å². The van der Waals surface area contributed by atoms with Crippen LogP contribution in [0.1, 0.15) is 38.9 Å². The minimum atomic E-state index is -5.17. The van der Waals surface area contributed by atoms with Crippen LogP contribution in [0.5, 0.6) is 0 Å². The Hall–Kier alpha value is -6.01. The molecule has 0 unspecified atom stereocenters. The third kappa shape index (κ3) is 5.20. The molecule has 0 saturated heterocycles. The molecule has 8 aromatic rings. The van der Waals surface area contributed by atoms with E-state index in [1.54, 1.807) is 0 Å². The number of aromatic nitrogens is 2. The summed E-state index contributed by atoms with van der Waals surface area (Å²) in [6.07, 6.45) is -10.2. The minimum absolute atomic E-state index is 0.0312. The van der Waals surface area contributed by atoms with E-state index in [1.807, 2.05) is 110 Å². The van der Waals surface area contributed by atoms with Crippen molar-refractivity contribution in [3.8, 4) is 28.6 Å². The number of hydrogen-bond donors (Lipinski definition) is 0. The van der Waals surface area contributed by atoms with Gasteiger partial charge >= 0.3 is 12.4 Å². The lowest BCUT2D eigenvalue weighted by molar-refractivity contribution is -0.142. The van der Waals surface area contributed by atoms with E-state index in [1.165, 1.54) is 12.1 Å². The zero-order valence-corrected chi connectivity index (χ0v) is 28.4. The van der Waals surface area contributed by atoms with Gasteiger partial charge in [0.05, 0.1) is 56.2 Å². The number of aryl methyl sites for hydroxylation is 4. The smallest absolute Gasteiger partial charge is 0.308 e. The number of fused-ring (bicyclic) bond motifs is 6. The van der Waals surface area contributed by atoms with Gasteiger partial charge in [0, 0.05) is 27.1 Å². The molecule has 0 aliphatic carbocycles. The Morgan fingerprint density at radius 3 is 1.19 bits per heavy atom. The van der Waals surface area contributed by atoms with Gasteiger partial charge in [0.2, 0.25) is 0 Å². The van der Waals surface area contributed by atoms with Gasteiger partial charge in [-0.25, -0.2) is 0 Å². The predicted octanol–water partition coefficient (Wildman–Crippen LogP) is 12.7. The summed E-state index contributed by atoms with van der Waals surface area (Å²) in [6.45, 7) is 7.63. The quantitative estimate of drug-likeness (QED) is 0.169. The topological polar surface area (TPSA) is 33.6 Å². The van der Waals surface area contributed by atoms with Crippen LogP contribution in [-0.4, -0.2) is 9.13 Å². The number of benzene rings is 6. The Morgan fingerprint density at radius 1 is 0.481 bits per heavy atom. The first-order chi connectivity index (χ1) is 24.6. The van der Waals surface area contributed by atoms with Crippen molar-refractivity contribution in [3.05, 3.63) is 142 Å². The summed E-state index contributed by atoms with van der Waals surface area (Å²) in [5, 5.41) is 13.8. The molecule has 0 bridgehead atoms. The molecule has 0 radical (unpaired) electrons. The number of rotatable bonds is 3. The highest BCUT2D eigenvalue weighted by atomic mass is 19.4. The number of nitrogens with zero attached hydrogens (tertiary/aromatic N) is 3. The molecule has 0 N–H and O–H groups in total. The fourth-order valence-corrected chi connectivity index (χ4v) is 7.47. The van der Waals surface area contributed by atoms with E-state index in [9.17, 15) is 18.4 Å². The van der Waals surface area contributed by atoms with E-state index in [0.717, 1.165) is 49.9 Å². The van der Waals surface area contributed by atoms with Crippen molar-refractivity contribution in [2.75, 3.05) is 0 Å². The van der Waals surface area contributed by atoms with Crippen molar-refractivity contribution in [2.24, 2.45) is 0 Å². The standard InChI is InChI=1S/C43H29F6N3/c1-23-5-10-29-30-11-6-24(2)16-36(30)51(35(29)15-23)39-19-27(22-50)20-40(41(39)33-14-9-28(42(44,45)46)21-34(33)43(47,48)49)52-37-17-25(3)7-12-31(37)32-13-8-26(4)18-38(32)52/h5-21H,1-4H3. The maximum Gasteiger partial charge on any atom is 0.417 e. The van der Waals surface area contributed by atoms with Gasteiger partial charge in [-0.15, -0.1) is 0 Å². The van der Waals surface area contributed by atoms with Crippen molar-refractivity contribution in [2.45, 2.75) is 40.0 Å². The lowest BCUT2D eigenvalue weighted by Gasteiger charge is -2.24. The van der Waals surface area contributed by atoms with E-state index in [-0.39, 0.29) is 28.6 Å². The van der Waals surface area contributed by atoms with Crippen LogP contribution in [0.4, 0.5) is 26.3 Å². The highest BCUT2D eigenvalue weighted by molar-refractivity contribution is 6.12. The molecule has 8 rings (SSSR count). The van der Waals surface area contributed by atoms with Crippen molar-refractivity contribution in [3.63, 3.8) is 0 Å². The summed E-state index contributed by atoms with van der Waals surface area (Å²) < 4.78 is 91.3. The van der Waals surface area contributed by atoms with Crippen molar-refractivity contribution >= 4 is 43.6 Å². The van der Waals surface area contributed by atoms with Gasteiger partial charge < -0.3 is 9.13 Å². The maximum atomic E-state index is 15.2. The second-order valence-corrected chi connectivity index (χ2v) is 13.5. The largest absolute Gasteiger partial charge is 0.417 e. The third-order valence-corrected chi connectivity index (χ3v) is 9.79. The van der Waals surface area contributed by atoms with Gasteiger partial charge in [-0.05, 0) is 104 Å². The maximum absolute atomic E-state index is 15.2. The fourth-order valence-electron chi connectivity index (χ4n) is 7.47. The third-order valence-electron chi connectivity index (χ3n) is 9.79. The molecule has 2 heterocycles. The molecule has 6 aromatic carbocycles. The zero-order chi connectivity index (χ0) is 36.9. The monoisotopic (exact) mass is 701 g/mol. The normalized spacial score (nSPS) is 12.4. The van der Waals surface area contributed by atoms with Crippen LogP contribution in [0.15, 0.2) is 103 Å². The van der Waals surface area contributed by atoms with Crippen LogP contribution in [0.3, 0.4) is 0 Å². The van der Waals surface area contributed by atoms with Crippen molar-refractivity contribution < 1.29 is 26.3 Å². The molecule has 2 aromatic heterocycles. The van der Waals surface area contributed by atoms with Gasteiger partial charge in [-0.2, -0.15) is 31.6 Å². The van der Waals surface area contributed by atoms with E-state index in [2.05, 4.69) is 6.07 Å². The van der Waals surface area contributed by atoms with Gasteiger partial charge in [0.15, 0.2) is 0 Å². The predicted molar refractivity (Wildman–Crippen MR) is 194 cm³/mol. The lowest BCUT2D eigenvalue weighted by atomic mass is 9.92. The molecule has 0 amide bonds. The summed E-state index contributed by atoms with van der Waals surface area (Å²) in [4.78, 5) is 0. The average molecular weight is 702 g/mol. The van der Waals surface area contributed by atoms with Gasteiger partial charge in [0.25, 0.3) is 0 Å². The molecule has 0 aliphatic rings. The first kappa shape index (κ1) is 33.2. The first-order valence-electron chi connectivity index (χ1n) is 16.5. The Bertz CT molecular complexity index is 2560. The molecule has 0 atom stereocenters. The molecule has 9 heteroatoms. The minimum Gasteiger partial charge on any atom is -0.308 e. The lowest BCUT2D eigenvalue weighted by Crippen LogP contribution is -2.14. The molecule has 0 aliphatic heterocycles. The van der Waals surface area contributed by atoms with E-state index >= 15 is 13.2 Å². The Labute approximate surface area is 294 Å². The SMILES string of the molecule is Cc1ccc2c3ccc(C)cc3n(-c3cc(C#N)cc(-n4c5cc(C)ccc5c5ccc(C)cc54)c3-c3ccc(C(F)(F)F)cc3C(F)(F)F)c2c1. The van der Waals surface area contributed by atoms with Crippen LogP contribution in [-0.2, 0) is 12.4 Å². The second-order valence-electron chi connectivity index (χ2n) is 13.5. The summed E-state index contributed by atoms with van der Waals surface area (Å²) in [6, 6.07) is 30.4. The van der Waals surface area contributed by atoms with Crippen molar-refractivity contribution in [1.29, 1.82) is 5.26 Å². The molecular formula is C43H29F6N3. The summed E-state index contributed by atoms with van der Waals surface area (Å²) >= 11 is 0. The highest BCUT2D eigenvalue weighted by Gasteiger charge is 2.40. The summed E-state index contributed by atoms with van der Waals surface area (Å²) in [5.74, 6) is 0. The summed E-state index contributed by atoms with van der Waals surface area (Å²) in [7, 11) is 0. The number of alkyl halides is 6. The summed E-state index contributed by atoms with van der Waals surface area (Å²) in [5.41, 5.74) is 3.65. The fraction of sp³-hybridized carbons (Fsp3) is 0.140. The molecule has 258 valence electrons. The molecular weight excluding hydrogens is 672 g/mol. The molecule has 0 fully saturated rings. The highest BCUT2D eigenvalue weighted by Crippen LogP contribution is 2.48. The number of halogens is 6. The number of hydrogen-bond acceptors (Lipinski definition) is 1. The van der Waals surface area contributed by atoms with Crippen molar-refractivity contribution in [1.82, 2.24) is 9.13 Å². The van der Waals surface area contributed by atoms with Crippen LogP contribution in [0.2, 0.25) is 0 Å². The molecule has 0 spiro atoms. The molecule has 0 saturated carbocycles. The molecule has 52 heavy (non-hydrogen) atoms. The second kappa shape index (κ2) is 11.5. The Kier molecular flexibility index (Phi) is 7.33. The van der Waals surface area contributed by atoms with Crippen LogP contribution >= 0.6 is 0 Å². The van der Waals surface area contributed by atoms with E-state index in [4.69, 9.17) is 0 Å². The zero-order valence-electron chi connectivity index (χ0n) is 28.4. The van der Waals surface area contributed by atoms with Crippen LogP contribution < -0.4 is 0 Å². The Balaban J connectivity index is 1.66. The van der Waals surface area contributed by atoms with E-state index < -0.39 is 29.0 Å². The van der Waals surface area contributed by atoms with Crippen LogP contribution in [0, 0.1) is 39.0 Å². The van der Waals surface area contributed by atoms with Gasteiger partial charge in [-0.3, -0.25) is 0 Å².